The summed E-state index contributed by atoms with van der Waals surface area (Å²) >= 11 is 0. The maximum atomic E-state index is 10.7. The van der Waals surface area contributed by atoms with Crippen molar-refractivity contribution in [2.24, 2.45) is 0 Å². The second-order valence-corrected chi connectivity index (χ2v) is 4.25. The van der Waals surface area contributed by atoms with Crippen molar-refractivity contribution in [1.29, 1.82) is 0 Å². The number of benzene rings is 2. The SMILES string of the molecule is CCOC(O)(Cc1ccccc1)c1ccccc1. The predicted octanol–water partition coefficient (Wildman–Crippen LogP) is 3.11. The molecule has 0 heterocycles. The summed E-state index contributed by atoms with van der Waals surface area (Å²) in [6.07, 6.45) is 0.450. The van der Waals surface area contributed by atoms with E-state index in [0.717, 1.165) is 11.1 Å². The van der Waals surface area contributed by atoms with E-state index in [1.165, 1.54) is 0 Å². The third-order valence-electron chi connectivity index (χ3n) is 2.89. The second kappa shape index (κ2) is 5.80. The lowest BCUT2D eigenvalue weighted by Crippen LogP contribution is -2.32. The fraction of sp³-hybridized carbons (Fsp3) is 0.250. The van der Waals surface area contributed by atoms with E-state index < -0.39 is 5.79 Å². The highest BCUT2D eigenvalue weighted by Gasteiger charge is 2.29. The molecule has 0 amide bonds. The Kier molecular flexibility index (Phi) is 4.13. The topological polar surface area (TPSA) is 29.5 Å². The lowest BCUT2D eigenvalue weighted by Gasteiger charge is -2.28. The largest absolute Gasteiger partial charge is 0.362 e. The second-order valence-electron chi connectivity index (χ2n) is 4.25. The number of hydrogen-bond acceptors (Lipinski definition) is 2. The number of rotatable bonds is 5. The van der Waals surface area contributed by atoms with Crippen LogP contribution in [-0.2, 0) is 16.9 Å². The molecule has 2 nitrogen and oxygen atoms in total. The molecule has 0 aliphatic carbocycles. The van der Waals surface area contributed by atoms with Gasteiger partial charge in [-0.25, -0.2) is 0 Å². The zero-order valence-corrected chi connectivity index (χ0v) is 10.5. The van der Waals surface area contributed by atoms with E-state index in [0.29, 0.717) is 13.0 Å². The van der Waals surface area contributed by atoms with E-state index in [4.69, 9.17) is 4.74 Å². The molecular weight excluding hydrogens is 224 g/mol. The molecule has 0 radical (unpaired) electrons. The Morgan fingerprint density at radius 2 is 1.50 bits per heavy atom. The van der Waals surface area contributed by atoms with Gasteiger partial charge >= 0.3 is 0 Å². The molecule has 0 spiro atoms. The smallest absolute Gasteiger partial charge is 0.196 e. The lowest BCUT2D eigenvalue weighted by atomic mass is 9.97. The van der Waals surface area contributed by atoms with Crippen molar-refractivity contribution in [3.63, 3.8) is 0 Å². The molecule has 0 aromatic heterocycles. The van der Waals surface area contributed by atoms with Gasteiger partial charge in [-0.1, -0.05) is 60.7 Å². The third kappa shape index (κ3) is 2.97. The first-order valence-electron chi connectivity index (χ1n) is 6.20. The molecule has 1 atom stereocenters. The summed E-state index contributed by atoms with van der Waals surface area (Å²) in [4.78, 5) is 0. The van der Waals surface area contributed by atoms with Gasteiger partial charge in [0.25, 0.3) is 0 Å². The summed E-state index contributed by atoms with van der Waals surface area (Å²) < 4.78 is 5.58. The molecule has 0 bridgehead atoms. The van der Waals surface area contributed by atoms with Crippen LogP contribution in [0.25, 0.3) is 0 Å². The van der Waals surface area contributed by atoms with Crippen molar-refractivity contribution in [3.8, 4) is 0 Å². The van der Waals surface area contributed by atoms with Crippen LogP contribution >= 0.6 is 0 Å². The van der Waals surface area contributed by atoms with Crippen LogP contribution in [0.1, 0.15) is 18.1 Å². The highest BCUT2D eigenvalue weighted by Crippen LogP contribution is 2.27. The molecule has 2 rings (SSSR count). The quantitative estimate of drug-likeness (QED) is 0.816. The standard InChI is InChI=1S/C16H18O2/c1-2-18-16(17,15-11-7-4-8-12-15)13-14-9-5-3-6-10-14/h3-12,17H,2,13H2,1H3. The van der Waals surface area contributed by atoms with Gasteiger partial charge < -0.3 is 9.84 Å². The van der Waals surface area contributed by atoms with E-state index in [1.807, 2.05) is 67.6 Å². The normalized spacial score (nSPS) is 14.1. The third-order valence-corrected chi connectivity index (χ3v) is 2.89. The first-order chi connectivity index (χ1) is 8.74. The maximum absolute atomic E-state index is 10.7. The Labute approximate surface area is 108 Å². The van der Waals surface area contributed by atoms with E-state index in [2.05, 4.69) is 0 Å². The van der Waals surface area contributed by atoms with Crippen molar-refractivity contribution in [1.82, 2.24) is 0 Å². The minimum Gasteiger partial charge on any atom is -0.362 e. The average Bonchev–Trinajstić information content (AvgIpc) is 2.41. The minimum absolute atomic E-state index is 0.450. The van der Waals surface area contributed by atoms with Crippen molar-refractivity contribution >= 4 is 0 Å². The van der Waals surface area contributed by atoms with Crippen LogP contribution in [0, 0.1) is 0 Å². The van der Waals surface area contributed by atoms with Gasteiger partial charge in [0.15, 0.2) is 5.79 Å². The molecular formula is C16H18O2. The molecule has 0 saturated heterocycles. The highest BCUT2D eigenvalue weighted by molar-refractivity contribution is 5.24. The van der Waals surface area contributed by atoms with Crippen molar-refractivity contribution in [2.75, 3.05) is 6.61 Å². The molecule has 1 unspecified atom stereocenters. The highest BCUT2D eigenvalue weighted by atomic mass is 16.6. The van der Waals surface area contributed by atoms with Gasteiger partial charge in [0, 0.05) is 18.6 Å². The summed E-state index contributed by atoms with van der Waals surface area (Å²) in [5.41, 5.74) is 1.84. The molecule has 0 aliphatic heterocycles. The molecule has 94 valence electrons. The number of hydrogen-bond donors (Lipinski definition) is 1. The Bertz CT molecular complexity index is 467. The summed E-state index contributed by atoms with van der Waals surface area (Å²) in [5.74, 6) is -1.25. The van der Waals surface area contributed by atoms with Gasteiger partial charge in [-0.15, -0.1) is 0 Å². The van der Waals surface area contributed by atoms with E-state index in [9.17, 15) is 5.11 Å². The van der Waals surface area contributed by atoms with Gasteiger partial charge in [-0.2, -0.15) is 0 Å². The van der Waals surface area contributed by atoms with E-state index >= 15 is 0 Å². The van der Waals surface area contributed by atoms with Crippen LogP contribution in [0.3, 0.4) is 0 Å². The number of ether oxygens (including phenoxy) is 1. The van der Waals surface area contributed by atoms with Gasteiger partial charge in [0.1, 0.15) is 0 Å². The predicted molar refractivity (Wildman–Crippen MR) is 72.1 cm³/mol. The van der Waals surface area contributed by atoms with Gasteiger partial charge in [0.2, 0.25) is 0 Å². The van der Waals surface area contributed by atoms with E-state index in [-0.39, 0.29) is 0 Å². The molecule has 2 aromatic rings. The van der Waals surface area contributed by atoms with Gasteiger partial charge in [0.05, 0.1) is 0 Å². The van der Waals surface area contributed by atoms with Crippen molar-refractivity contribution < 1.29 is 9.84 Å². The van der Waals surface area contributed by atoms with Crippen molar-refractivity contribution in [2.45, 2.75) is 19.1 Å². The Balaban J connectivity index is 2.27. The van der Waals surface area contributed by atoms with Crippen LogP contribution in [-0.4, -0.2) is 11.7 Å². The molecule has 2 heteroatoms. The summed E-state index contributed by atoms with van der Waals surface area (Å²) in [7, 11) is 0. The Morgan fingerprint density at radius 3 is 2.06 bits per heavy atom. The summed E-state index contributed by atoms with van der Waals surface area (Å²) in [5, 5.41) is 10.7. The van der Waals surface area contributed by atoms with E-state index in [1.54, 1.807) is 0 Å². The molecule has 0 aliphatic rings. The minimum atomic E-state index is -1.25. The van der Waals surface area contributed by atoms with Crippen LogP contribution in [0.4, 0.5) is 0 Å². The fourth-order valence-corrected chi connectivity index (χ4v) is 2.05. The van der Waals surface area contributed by atoms with Gasteiger partial charge in [-0.3, -0.25) is 0 Å². The van der Waals surface area contributed by atoms with Crippen LogP contribution in [0.15, 0.2) is 60.7 Å². The average molecular weight is 242 g/mol. The van der Waals surface area contributed by atoms with Crippen LogP contribution in [0.5, 0.6) is 0 Å². The molecule has 0 saturated carbocycles. The maximum Gasteiger partial charge on any atom is 0.196 e. The first kappa shape index (κ1) is 12.8. The lowest BCUT2D eigenvalue weighted by molar-refractivity contribution is -0.208. The van der Waals surface area contributed by atoms with Crippen LogP contribution in [0.2, 0.25) is 0 Å². The first-order valence-corrected chi connectivity index (χ1v) is 6.20. The van der Waals surface area contributed by atoms with Gasteiger partial charge in [-0.05, 0) is 12.5 Å². The summed E-state index contributed by atoms with van der Waals surface area (Å²) in [6.45, 7) is 2.36. The monoisotopic (exact) mass is 242 g/mol. The molecule has 2 aromatic carbocycles. The Morgan fingerprint density at radius 1 is 0.944 bits per heavy atom. The van der Waals surface area contributed by atoms with Crippen LogP contribution < -0.4 is 0 Å². The zero-order chi connectivity index (χ0) is 12.8. The Hall–Kier alpha value is -1.64. The molecule has 18 heavy (non-hydrogen) atoms. The zero-order valence-electron chi connectivity index (χ0n) is 10.5. The molecule has 1 N–H and O–H groups in total. The number of aliphatic hydroxyl groups is 1. The fourth-order valence-electron chi connectivity index (χ4n) is 2.05. The van der Waals surface area contributed by atoms with Crippen molar-refractivity contribution in [3.05, 3.63) is 71.8 Å². The summed E-state index contributed by atoms with van der Waals surface area (Å²) in [6, 6.07) is 19.4. The molecule has 0 fully saturated rings.